The van der Waals surface area contributed by atoms with Crippen LogP contribution in [0.15, 0.2) is 24.3 Å². The van der Waals surface area contributed by atoms with Crippen LogP contribution in [0.3, 0.4) is 0 Å². The molecule has 0 saturated carbocycles. The maximum atomic E-state index is 5.74. The quantitative estimate of drug-likeness (QED) is 0.834. The zero-order chi connectivity index (χ0) is 11.5. The van der Waals surface area contributed by atoms with Crippen LogP contribution in [0.1, 0.15) is 18.9 Å². The molecule has 1 aliphatic rings. The topological polar surface area (TPSA) is 29.3 Å². The minimum atomic E-state index is 0. The minimum Gasteiger partial charge on any atom is -0.330 e. The van der Waals surface area contributed by atoms with Crippen LogP contribution < -0.4 is 5.73 Å². The van der Waals surface area contributed by atoms with Gasteiger partial charge in [-0.2, -0.15) is 0 Å². The van der Waals surface area contributed by atoms with Crippen molar-refractivity contribution in [2.24, 2.45) is 11.7 Å². The second-order valence-electron chi connectivity index (χ2n) is 4.74. The van der Waals surface area contributed by atoms with Crippen LogP contribution in [0.25, 0.3) is 0 Å². The van der Waals surface area contributed by atoms with E-state index in [9.17, 15) is 0 Å². The molecule has 2 atom stereocenters. The molecule has 0 spiro atoms. The molecule has 0 aliphatic carbocycles. The maximum absolute atomic E-state index is 5.74. The number of rotatable bonds is 3. The highest BCUT2D eigenvalue weighted by Gasteiger charge is 2.27. The zero-order valence-electron chi connectivity index (χ0n) is 10.1. The Balaban J connectivity index is 0.00000144. The predicted octanol–water partition coefficient (Wildman–Crippen LogP) is 2.88. The van der Waals surface area contributed by atoms with Crippen LogP contribution in [-0.4, -0.2) is 24.0 Å². The van der Waals surface area contributed by atoms with Crippen molar-refractivity contribution in [1.82, 2.24) is 4.90 Å². The van der Waals surface area contributed by atoms with E-state index in [1.54, 1.807) is 0 Å². The summed E-state index contributed by atoms with van der Waals surface area (Å²) in [6.45, 7) is 5.36. The number of halogens is 2. The summed E-state index contributed by atoms with van der Waals surface area (Å²) in [4.78, 5) is 2.54. The molecule has 1 saturated heterocycles. The number of hydrogen-bond acceptors (Lipinski definition) is 2. The van der Waals surface area contributed by atoms with Crippen molar-refractivity contribution >= 4 is 35.0 Å². The Hall–Kier alpha value is 0.160. The molecule has 17 heavy (non-hydrogen) atoms. The van der Waals surface area contributed by atoms with Gasteiger partial charge in [-0.3, -0.25) is 4.90 Å². The van der Waals surface area contributed by atoms with E-state index >= 15 is 0 Å². The first-order valence-corrected chi connectivity index (χ1v) is 6.95. The van der Waals surface area contributed by atoms with Crippen LogP contribution in [0.2, 0.25) is 0 Å². The molecular formula is C13H20ClIN2. The van der Waals surface area contributed by atoms with E-state index in [4.69, 9.17) is 5.73 Å². The third kappa shape index (κ3) is 4.09. The van der Waals surface area contributed by atoms with Gasteiger partial charge in [0.25, 0.3) is 0 Å². The first-order valence-electron chi connectivity index (χ1n) is 5.87. The molecule has 1 aromatic rings. The monoisotopic (exact) mass is 366 g/mol. The summed E-state index contributed by atoms with van der Waals surface area (Å²) < 4.78 is 1.30. The third-order valence-electron chi connectivity index (χ3n) is 3.42. The lowest BCUT2D eigenvalue weighted by molar-refractivity contribution is 0.256. The normalized spacial score (nSPS) is 24.6. The van der Waals surface area contributed by atoms with Crippen LogP contribution in [0.4, 0.5) is 0 Å². The molecule has 1 aromatic carbocycles. The van der Waals surface area contributed by atoms with E-state index in [2.05, 4.69) is 58.7 Å². The summed E-state index contributed by atoms with van der Waals surface area (Å²) in [7, 11) is 0. The van der Waals surface area contributed by atoms with Gasteiger partial charge >= 0.3 is 0 Å². The minimum absolute atomic E-state index is 0. The molecule has 2 nitrogen and oxygen atoms in total. The van der Waals surface area contributed by atoms with Crippen molar-refractivity contribution in [3.63, 3.8) is 0 Å². The van der Waals surface area contributed by atoms with E-state index in [1.807, 2.05) is 0 Å². The number of nitrogens with zero attached hydrogens (tertiary/aromatic N) is 1. The fourth-order valence-electron chi connectivity index (χ4n) is 2.43. The van der Waals surface area contributed by atoms with E-state index in [0.717, 1.165) is 19.6 Å². The predicted molar refractivity (Wildman–Crippen MR) is 83.4 cm³/mol. The molecule has 0 bridgehead atoms. The van der Waals surface area contributed by atoms with Gasteiger partial charge in [0.05, 0.1) is 0 Å². The lowest BCUT2D eigenvalue weighted by atomic mass is 10.1. The van der Waals surface area contributed by atoms with Gasteiger partial charge in [-0.1, -0.05) is 12.1 Å². The van der Waals surface area contributed by atoms with Crippen molar-refractivity contribution < 1.29 is 0 Å². The lowest BCUT2D eigenvalue weighted by Crippen LogP contribution is -2.27. The number of hydrogen-bond donors (Lipinski definition) is 1. The van der Waals surface area contributed by atoms with Gasteiger partial charge in [-0.05, 0) is 66.1 Å². The maximum Gasteiger partial charge on any atom is 0.0236 e. The standard InChI is InChI=1S/C13H19IN2.ClH/c1-10-6-12(7-15)9-16(10)8-11-2-4-13(14)5-3-11;/h2-5,10,12H,6-9,15H2,1H3;1H. The summed E-state index contributed by atoms with van der Waals surface area (Å²) in [5.74, 6) is 0.693. The lowest BCUT2D eigenvalue weighted by Gasteiger charge is -2.21. The molecule has 0 aromatic heterocycles. The van der Waals surface area contributed by atoms with E-state index in [0.29, 0.717) is 12.0 Å². The molecule has 1 heterocycles. The number of likely N-dealkylation sites (tertiary alicyclic amines) is 1. The van der Waals surface area contributed by atoms with Crippen molar-refractivity contribution in [1.29, 1.82) is 0 Å². The van der Waals surface area contributed by atoms with Gasteiger partial charge in [0.2, 0.25) is 0 Å². The van der Waals surface area contributed by atoms with Crippen molar-refractivity contribution in [3.8, 4) is 0 Å². The molecule has 2 N–H and O–H groups in total. The molecule has 2 unspecified atom stereocenters. The SMILES string of the molecule is CC1CC(CN)CN1Cc1ccc(I)cc1.Cl. The highest BCUT2D eigenvalue weighted by molar-refractivity contribution is 14.1. The molecule has 1 fully saturated rings. The fourth-order valence-corrected chi connectivity index (χ4v) is 2.79. The highest BCUT2D eigenvalue weighted by Crippen LogP contribution is 2.24. The fraction of sp³-hybridized carbons (Fsp3) is 0.538. The summed E-state index contributed by atoms with van der Waals surface area (Å²) in [6, 6.07) is 9.48. The Morgan fingerprint density at radius 2 is 2.00 bits per heavy atom. The first-order chi connectivity index (χ1) is 7.69. The van der Waals surface area contributed by atoms with Gasteiger partial charge < -0.3 is 5.73 Å². The van der Waals surface area contributed by atoms with E-state index < -0.39 is 0 Å². The van der Waals surface area contributed by atoms with E-state index in [-0.39, 0.29) is 12.4 Å². The molecule has 0 radical (unpaired) electrons. The molecule has 4 heteroatoms. The summed E-state index contributed by atoms with van der Waals surface area (Å²) >= 11 is 2.34. The van der Waals surface area contributed by atoms with Crippen LogP contribution in [0.5, 0.6) is 0 Å². The zero-order valence-corrected chi connectivity index (χ0v) is 13.1. The van der Waals surface area contributed by atoms with Gasteiger partial charge in [-0.15, -0.1) is 12.4 Å². The Bertz CT molecular complexity index is 342. The molecular weight excluding hydrogens is 347 g/mol. The molecule has 1 aliphatic heterocycles. The Kier molecular flexibility index (Phi) is 6.20. The summed E-state index contributed by atoms with van der Waals surface area (Å²) in [6.07, 6.45) is 1.25. The average molecular weight is 367 g/mol. The van der Waals surface area contributed by atoms with Crippen molar-refractivity contribution in [2.45, 2.75) is 25.9 Å². The Morgan fingerprint density at radius 1 is 1.35 bits per heavy atom. The largest absolute Gasteiger partial charge is 0.330 e. The van der Waals surface area contributed by atoms with Crippen LogP contribution in [-0.2, 0) is 6.54 Å². The molecule has 0 amide bonds. The second-order valence-corrected chi connectivity index (χ2v) is 5.99. The van der Waals surface area contributed by atoms with Crippen molar-refractivity contribution in [3.05, 3.63) is 33.4 Å². The summed E-state index contributed by atoms with van der Waals surface area (Å²) in [5.41, 5.74) is 7.15. The van der Waals surface area contributed by atoms with Crippen LogP contribution in [0, 0.1) is 9.49 Å². The smallest absolute Gasteiger partial charge is 0.0236 e. The van der Waals surface area contributed by atoms with Gasteiger partial charge in [0.1, 0.15) is 0 Å². The molecule has 96 valence electrons. The van der Waals surface area contributed by atoms with E-state index in [1.165, 1.54) is 15.6 Å². The van der Waals surface area contributed by atoms with Gasteiger partial charge in [0, 0.05) is 22.7 Å². The Labute approximate surface area is 123 Å². The average Bonchev–Trinajstić information content (AvgIpc) is 2.63. The molecule has 2 rings (SSSR count). The van der Waals surface area contributed by atoms with Gasteiger partial charge in [-0.25, -0.2) is 0 Å². The number of benzene rings is 1. The Morgan fingerprint density at radius 3 is 2.53 bits per heavy atom. The number of nitrogens with two attached hydrogens (primary N) is 1. The highest BCUT2D eigenvalue weighted by atomic mass is 127. The third-order valence-corrected chi connectivity index (χ3v) is 4.14. The van der Waals surface area contributed by atoms with Crippen molar-refractivity contribution in [2.75, 3.05) is 13.1 Å². The van der Waals surface area contributed by atoms with Gasteiger partial charge in [0.15, 0.2) is 0 Å². The first kappa shape index (κ1) is 15.2. The van der Waals surface area contributed by atoms with Crippen LogP contribution >= 0.6 is 35.0 Å². The summed E-state index contributed by atoms with van der Waals surface area (Å²) in [5, 5.41) is 0. The second kappa shape index (κ2) is 6.92.